The summed E-state index contributed by atoms with van der Waals surface area (Å²) in [4.78, 5) is 6.71. The van der Waals surface area contributed by atoms with Crippen LogP contribution < -0.4 is 10.2 Å². The Balaban J connectivity index is 2.00. The molecule has 1 aliphatic rings. The van der Waals surface area contributed by atoms with Crippen LogP contribution in [0.4, 0.5) is 5.82 Å². The Labute approximate surface area is 99.7 Å². The van der Waals surface area contributed by atoms with Crippen molar-refractivity contribution in [3.05, 3.63) is 18.7 Å². The molecule has 0 atom stereocenters. The highest BCUT2D eigenvalue weighted by Gasteiger charge is 2.27. The number of anilines is 1. The second-order valence-electron chi connectivity index (χ2n) is 5.04. The van der Waals surface area contributed by atoms with E-state index >= 15 is 0 Å². The van der Waals surface area contributed by atoms with E-state index in [0.717, 1.165) is 31.1 Å². The molecular formula is C11H16N6. The third kappa shape index (κ3) is 1.84. The number of hydrogen-bond donors (Lipinski definition) is 1. The Morgan fingerprint density at radius 3 is 3.12 bits per heavy atom. The minimum Gasteiger partial charge on any atom is -0.350 e. The van der Waals surface area contributed by atoms with Gasteiger partial charge in [-0.3, -0.25) is 4.40 Å². The Morgan fingerprint density at radius 2 is 2.29 bits per heavy atom. The van der Waals surface area contributed by atoms with Gasteiger partial charge in [0.1, 0.15) is 6.33 Å². The van der Waals surface area contributed by atoms with Crippen LogP contribution in [0.3, 0.4) is 0 Å². The molecule has 2 aromatic rings. The molecule has 1 saturated heterocycles. The van der Waals surface area contributed by atoms with Gasteiger partial charge in [-0.2, -0.15) is 0 Å². The summed E-state index contributed by atoms with van der Waals surface area (Å²) in [6.45, 7) is 7.23. The minimum absolute atomic E-state index is 0.104. The van der Waals surface area contributed by atoms with Crippen molar-refractivity contribution in [3.63, 3.8) is 0 Å². The zero-order valence-electron chi connectivity index (χ0n) is 10.1. The van der Waals surface area contributed by atoms with Crippen LogP contribution in [0.2, 0.25) is 0 Å². The molecule has 2 aromatic heterocycles. The predicted octanol–water partition coefficient (Wildman–Crippen LogP) is 0.312. The molecule has 1 aliphatic heterocycles. The molecule has 90 valence electrons. The van der Waals surface area contributed by atoms with Crippen LogP contribution in [-0.2, 0) is 0 Å². The van der Waals surface area contributed by atoms with Crippen LogP contribution in [0.5, 0.6) is 0 Å². The van der Waals surface area contributed by atoms with E-state index in [0.29, 0.717) is 0 Å². The summed E-state index contributed by atoms with van der Waals surface area (Å²) < 4.78 is 1.90. The van der Waals surface area contributed by atoms with Crippen molar-refractivity contribution in [1.29, 1.82) is 0 Å². The molecule has 6 heteroatoms. The van der Waals surface area contributed by atoms with Crippen molar-refractivity contribution in [2.45, 2.75) is 19.4 Å². The second-order valence-corrected chi connectivity index (χ2v) is 5.04. The number of rotatable bonds is 1. The van der Waals surface area contributed by atoms with Gasteiger partial charge in [0.25, 0.3) is 0 Å². The third-order valence-electron chi connectivity index (χ3n) is 3.07. The molecule has 0 aliphatic carbocycles. The molecule has 0 spiro atoms. The highest BCUT2D eigenvalue weighted by molar-refractivity contribution is 5.63. The SMILES string of the molecule is CC1(C)CN(c2nccn3cnnc23)CCN1. The molecular weight excluding hydrogens is 216 g/mol. The first-order chi connectivity index (χ1) is 8.16. The number of fused-ring (bicyclic) bond motifs is 1. The zero-order valence-corrected chi connectivity index (χ0v) is 10.1. The average molecular weight is 232 g/mol. The van der Waals surface area contributed by atoms with Crippen molar-refractivity contribution in [2.75, 3.05) is 24.5 Å². The van der Waals surface area contributed by atoms with Crippen LogP contribution >= 0.6 is 0 Å². The number of aromatic nitrogens is 4. The van der Waals surface area contributed by atoms with Gasteiger partial charge >= 0.3 is 0 Å². The van der Waals surface area contributed by atoms with Crippen LogP contribution in [0.25, 0.3) is 5.65 Å². The van der Waals surface area contributed by atoms with Crippen LogP contribution in [-0.4, -0.2) is 44.8 Å². The number of piperazine rings is 1. The molecule has 1 N–H and O–H groups in total. The average Bonchev–Trinajstić information content (AvgIpc) is 2.75. The summed E-state index contributed by atoms with van der Waals surface area (Å²) in [5, 5.41) is 11.5. The molecule has 0 aromatic carbocycles. The lowest BCUT2D eigenvalue weighted by atomic mass is 10.0. The van der Waals surface area contributed by atoms with E-state index < -0.39 is 0 Å². The second kappa shape index (κ2) is 3.66. The van der Waals surface area contributed by atoms with E-state index in [4.69, 9.17) is 0 Å². The van der Waals surface area contributed by atoms with Crippen molar-refractivity contribution in [3.8, 4) is 0 Å². The fourth-order valence-corrected chi connectivity index (χ4v) is 2.29. The van der Waals surface area contributed by atoms with Crippen molar-refractivity contribution < 1.29 is 0 Å². The number of hydrogen-bond acceptors (Lipinski definition) is 5. The summed E-state index contributed by atoms with van der Waals surface area (Å²) >= 11 is 0. The van der Waals surface area contributed by atoms with Gasteiger partial charge in [0.15, 0.2) is 5.82 Å². The van der Waals surface area contributed by atoms with E-state index in [-0.39, 0.29) is 5.54 Å². The van der Waals surface area contributed by atoms with Gasteiger partial charge in [-0.25, -0.2) is 4.98 Å². The first-order valence-corrected chi connectivity index (χ1v) is 5.80. The Bertz CT molecular complexity index is 531. The quantitative estimate of drug-likeness (QED) is 0.767. The summed E-state index contributed by atoms with van der Waals surface area (Å²) in [5.41, 5.74) is 0.928. The number of nitrogens with zero attached hydrogens (tertiary/aromatic N) is 5. The van der Waals surface area contributed by atoms with E-state index in [2.05, 4.69) is 39.2 Å². The van der Waals surface area contributed by atoms with Crippen molar-refractivity contribution in [2.24, 2.45) is 0 Å². The molecule has 0 amide bonds. The third-order valence-corrected chi connectivity index (χ3v) is 3.07. The molecule has 0 radical (unpaired) electrons. The molecule has 3 rings (SSSR count). The molecule has 0 bridgehead atoms. The van der Waals surface area contributed by atoms with Gasteiger partial charge < -0.3 is 10.2 Å². The zero-order chi connectivity index (χ0) is 11.9. The first kappa shape index (κ1) is 10.5. The summed E-state index contributed by atoms with van der Waals surface area (Å²) in [7, 11) is 0. The van der Waals surface area contributed by atoms with Crippen molar-refractivity contribution >= 4 is 11.5 Å². The Kier molecular flexibility index (Phi) is 2.25. The lowest BCUT2D eigenvalue weighted by Gasteiger charge is -2.39. The molecule has 1 fully saturated rings. The Morgan fingerprint density at radius 1 is 1.41 bits per heavy atom. The first-order valence-electron chi connectivity index (χ1n) is 5.80. The smallest absolute Gasteiger partial charge is 0.203 e. The fraction of sp³-hybridized carbons (Fsp3) is 0.545. The molecule has 3 heterocycles. The van der Waals surface area contributed by atoms with Crippen molar-refractivity contribution in [1.82, 2.24) is 24.9 Å². The van der Waals surface area contributed by atoms with Crippen LogP contribution in [0, 0.1) is 0 Å². The maximum atomic E-state index is 4.44. The standard InChI is InChI=1S/C11H16N6/c1-11(2)7-16(6-4-13-11)9-10-15-14-8-17(10)5-3-12-9/h3,5,8,13H,4,6-7H2,1-2H3. The molecule has 0 unspecified atom stereocenters. The van der Waals surface area contributed by atoms with Gasteiger partial charge in [-0.1, -0.05) is 0 Å². The fourth-order valence-electron chi connectivity index (χ4n) is 2.29. The van der Waals surface area contributed by atoms with Gasteiger partial charge in [-0.05, 0) is 13.8 Å². The maximum absolute atomic E-state index is 4.44. The highest BCUT2D eigenvalue weighted by atomic mass is 15.3. The molecule has 6 nitrogen and oxygen atoms in total. The molecule has 17 heavy (non-hydrogen) atoms. The highest BCUT2D eigenvalue weighted by Crippen LogP contribution is 2.20. The summed E-state index contributed by atoms with van der Waals surface area (Å²) in [5.74, 6) is 0.916. The monoisotopic (exact) mass is 232 g/mol. The van der Waals surface area contributed by atoms with E-state index in [1.807, 2.05) is 10.6 Å². The minimum atomic E-state index is 0.104. The Hall–Kier alpha value is -1.69. The van der Waals surface area contributed by atoms with Crippen LogP contribution in [0.15, 0.2) is 18.7 Å². The van der Waals surface area contributed by atoms with E-state index in [1.54, 1.807) is 12.5 Å². The lowest BCUT2D eigenvalue weighted by Crippen LogP contribution is -2.57. The normalized spacial score (nSPS) is 19.8. The molecule has 0 saturated carbocycles. The lowest BCUT2D eigenvalue weighted by molar-refractivity contribution is 0.352. The largest absolute Gasteiger partial charge is 0.350 e. The van der Waals surface area contributed by atoms with Gasteiger partial charge in [0.2, 0.25) is 5.65 Å². The van der Waals surface area contributed by atoms with Gasteiger partial charge in [-0.15, -0.1) is 10.2 Å². The van der Waals surface area contributed by atoms with E-state index in [9.17, 15) is 0 Å². The van der Waals surface area contributed by atoms with Gasteiger partial charge in [0.05, 0.1) is 0 Å². The van der Waals surface area contributed by atoms with Gasteiger partial charge in [0, 0.05) is 37.6 Å². The summed E-state index contributed by atoms with van der Waals surface area (Å²) in [6.07, 6.45) is 5.36. The topological polar surface area (TPSA) is 58.4 Å². The van der Waals surface area contributed by atoms with Crippen LogP contribution in [0.1, 0.15) is 13.8 Å². The summed E-state index contributed by atoms with van der Waals surface area (Å²) in [6, 6.07) is 0. The number of nitrogens with one attached hydrogen (secondary N) is 1. The predicted molar refractivity (Wildman–Crippen MR) is 65.1 cm³/mol. The maximum Gasteiger partial charge on any atom is 0.203 e. The van der Waals surface area contributed by atoms with E-state index in [1.165, 1.54) is 0 Å².